The zero-order valence-electron chi connectivity index (χ0n) is 15.1. The Hall–Kier alpha value is -2.95. The molecule has 5 heteroatoms. The van der Waals surface area contributed by atoms with Gasteiger partial charge in [-0.25, -0.2) is 4.79 Å². The van der Waals surface area contributed by atoms with Crippen molar-refractivity contribution in [2.45, 2.75) is 44.6 Å². The van der Waals surface area contributed by atoms with E-state index in [1.807, 2.05) is 18.2 Å². The zero-order valence-corrected chi connectivity index (χ0v) is 15.1. The van der Waals surface area contributed by atoms with Gasteiger partial charge in [0.05, 0.1) is 0 Å². The number of carboxylic acids is 1. The van der Waals surface area contributed by atoms with E-state index in [4.69, 9.17) is 0 Å². The third-order valence-corrected chi connectivity index (χ3v) is 4.93. The highest BCUT2D eigenvalue weighted by molar-refractivity contribution is 5.98. The van der Waals surface area contributed by atoms with Crippen LogP contribution >= 0.6 is 0 Å². The van der Waals surface area contributed by atoms with Gasteiger partial charge in [-0.15, -0.1) is 0 Å². The number of benzene rings is 2. The topological polar surface area (TPSA) is 83.5 Å². The molecule has 2 N–H and O–H groups in total. The summed E-state index contributed by atoms with van der Waals surface area (Å²) in [6.07, 6.45) is 4.41. The lowest BCUT2D eigenvalue weighted by molar-refractivity contribution is -0.142. The molecule has 3 rings (SSSR count). The van der Waals surface area contributed by atoms with E-state index in [-0.39, 0.29) is 18.6 Å². The maximum absolute atomic E-state index is 12.4. The van der Waals surface area contributed by atoms with Crippen molar-refractivity contribution < 1.29 is 19.5 Å². The van der Waals surface area contributed by atoms with Crippen molar-refractivity contribution in [2.75, 3.05) is 0 Å². The minimum absolute atomic E-state index is 0.0352. The quantitative estimate of drug-likeness (QED) is 0.736. The monoisotopic (exact) mass is 365 g/mol. The molecule has 0 saturated heterocycles. The standard InChI is InChI=1S/C22H23NO4/c24-19(18-11-10-15-6-4-5-9-17(15)14-18)12-13-20(25)23-21(22(26)27)16-7-2-1-3-8-16/h1-3,7-8,10-11,14,21H,4-6,9,12-13H2,(H,23,25)(H,26,27)/t21-/m0/s1. The molecule has 2 aromatic carbocycles. The van der Waals surface area contributed by atoms with Gasteiger partial charge in [-0.3, -0.25) is 9.59 Å². The van der Waals surface area contributed by atoms with Crippen LogP contribution in [-0.4, -0.2) is 22.8 Å². The van der Waals surface area contributed by atoms with Gasteiger partial charge in [-0.05, 0) is 48.4 Å². The SMILES string of the molecule is O=C(CCC(=O)c1ccc2c(c1)CCCC2)N[C@H](C(=O)O)c1ccccc1. The summed E-state index contributed by atoms with van der Waals surface area (Å²) in [5, 5.41) is 11.9. The van der Waals surface area contributed by atoms with Crippen LogP contribution in [-0.2, 0) is 22.4 Å². The van der Waals surface area contributed by atoms with Crippen LogP contribution in [0.2, 0.25) is 0 Å². The number of carboxylic acid groups (broad SMARTS) is 1. The molecule has 0 fully saturated rings. The first-order chi connectivity index (χ1) is 13.0. The molecule has 0 heterocycles. The average molecular weight is 365 g/mol. The molecule has 5 nitrogen and oxygen atoms in total. The Morgan fingerprint density at radius 2 is 1.63 bits per heavy atom. The van der Waals surface area contributed by atoms with E-state index in [0.717, 1.165) is 19.3 Å². The summed E-state index contributed by atoms with van der Waals surface area (Å²) in [4.78, 5) is 36.1. The number of hydrogen-bond acceptors (Lipinski definition) is 3. The van der Waals surface area contributed by atoms with Gasteiger partial charge in [0.2, 0.25) is 5.91 Å². The van der Waals surface area contributed by atoms with Crippen molar-refractivity contribution in [2.24, 2.45) is 0 Å². The average Bonchev–Trinajstić information content (AvgIpc) is 2.70. The van der Waals surface area contributed by atoms with Gasteiger partial charge in [0.15, 0.2) is 11.8 Å². The smallest absolute Gasteiger partial charge is 0.330 e. The van der Waals surface area contributed by atoms with Crippen LogP contribution in [0, 0.1) is 0 Å². The van der Waals surface area contributed by atoms with Crippen LogP contribution in [0.5, 0.6) is 0 Å². The lowest BCUT2D eigenvalue weighted by Gasteiger charge is -2.16. The van der Waals surface area contributed by atoms with E-state index in [2.05, 4.69) is 5.32 Å². The van der Waals surface area contributed by atoms with E-state index < -0.39 is 17.9 Å². The molecule has 0 saturated carbocycles. The van der Waals surface area contributed by atoms with Crippen LogP contribution in [0.15, 0.2) is 48.5 Å². The Labute approximate surface area is 158 Å². The van der Waals surface area contributed by atoms with Crippen molar-refractivity contribution in [1.82, 2.24) is 5.32 Å². The van der Waals surface area contributed by atoms with Gasteiger partial charge < -0.3 is 10.4 Å². The molecule has 0 unspecified atom stereocenters. The third-order valence-electron chi connectivity index (χ3n) is 4.93. The maximum Gasteiger partial charge on any atom is 0.330 e. The van der Waals surface area contributed by atoms with Crippen LogP contribution in [0.25, 0.3) is 0 Å². The molecule has 0 aromatic heterocycles. The fourth-order valence-electron chi connectivity index (χ4n) is 3.44. The van der Waals surface area contributed by atoms with Gasteiger partial charge in [0.1, 0.15) is 0 Å². The number of aliphatic carboxylic acids is 1. The Morgan fingerprint density at radius 1 is 0.926 bits per heavy atom. The molecule has 27 heavy (non-hydrogen) atoms. The molecule has 0 bridgehead atoms. The van der Waals surface area contributed by atoms with E-state index in [9.17, 15) is 19.5 Å². The first kappa shape index (κ1) is 18.8. The second-order valence-electron chi connectivity index (χ2n) is 6.86. The van der Waals surface area contributed by atoms with Crippen molar-refractivity contribution in [3.8, 4) is 0 Å². The van der Waals surface area contributed by atoms with Gasteiger partial charge >= 0.3 is 5.97 Å². The largest absolute Gasteiger partial charge is 0.479 e. The number of ketones is 1. The molecule has 0 aliphatic heterocycles. The highest BCUT2D eigenvalue weighted by atomic mass is 16.4. The minimum atomic E-state index is -1.13. The Kier molecular flexibility index (Phi) is 6.01. The molecule has 140 valence electrons. The number of fused-ring (bicyclic) bond motifs is 1. The van der Waals surface area contributed by atoms with E-state index in [1.54, 1.807) is 30.3 Å². The summed E-state index contributed by atoms with van der Waals surface area (Å²) in [6, 6.07) is 13.2. The molecule has 0 spiro atoms. The molecule has 1 aliphatic carbocycles. The van der Waals surface area contributed by atoms with Crippen LogP contribution in [0.1, 0.15) is 58.8 Å². The van der Waals surface area contributed by atoms with E-state index in [1.165, 1.54) is 17.5 Å². The molecule has 2 aromatic rings. The van der Waals surface area contributed by atoms with Crippen LogP contribution < -0.4 is 5.32 Å². The molecular weight excluding hydrogens is 342 g/mol. The Morgan fingerprint density at radius 3 is 2.33 bits per heavy atom. The van der Waals surface area contributed by atoms with E-state index >= 15 is 0 Å². The van der Waals surface area contributed by atoms with Gasteiger partial charge in [-0.2, -0.15) is 0 Å². The number of hydrogen-bond donors (Lipinski definition) is 2. The second-order valence-corrected chi connectivity index (χ2v) is 6.86. The predicted molar refractivity (Wildman–Crippen MR) is 102 cm³/mol. The number of amides is 1. The van der Waals surface area contributed by atoms with Crippen molar-refractivity contribution in [1.29, 1.82) is 0 Å². The number of aryl methyl sites for hydroxylation is 2. The van der Waals surface area contributed by atoms with Gasteiger partial charge in [-0.1, -0.05) is 42.5 Å². The summed E-state index contributed by atoms with van der Waals surface area (Å²) < 4.78 is 0. The summed E-state index contributed by atoms with van der Waals surface area (Å²) in [5.41, 5.74) is 3.66. The van der Waals surface area contributed by atoms with E-state index in [0.29, 0.717) is 11.1 Å². The highest BCUT2D eigenvalue weighted by Gasteiger charge is 2.22. The summed E-state index contributed by atoms with van der Waals surface area (Å²) in [7, 11) is 0. The van der Waals surface area contributed by atoms with Gasteiger partial charge in [0, 0.05) is 18.4 Å². The predicted octanol–water partition coefficient (Wildman–Crippen LogP) is 3.47. The molecule has 1 atom stereocenters. The molecular formula is C22H23NO4. The number of carbonyl (C=O) groups is 3. The zero-order chi connectivity index (χ0) is 19.2. The first-order valence-electron chi connectivity index (χ1n) is 9.26. The summed E-state index contributed by atoms with van der Waals surface area (Å²) >= 11 is 0. The van der Waals surface area contributed by atoms with Gasteiger partial charge in [0.25, 0.3) is 0 Å². The maximum atomic E-state index is 12.4. The lowest BCUT2D eigenvalue weighted by Crippen LogP contribution is -2.33. The fraction of sp³-hybridized carbons (Fsp3) is 0.318. The Balaban J connectivity index is 1.58. The van der Waals surface area contributed by atoms with Crippen LogP contribution in [0.3, 0.4) is 0 Å². The minimum Gasteiger partial charge on any atom is -0.479 e. The van der Waals surface area contributed by atoms with Crippen molar-refractivity contribution >= 4 is 17.7 Å². The normalized spacial score (nSPS) is 14.1. The number of rotatable bonds is 7. The number of Topliss-reactive ketones (excluding diaryl/α,β-unsaturated/α-hetero) is 1. The molecule has 1 aliphatic rings. The second kappa shape index (κ2) is 8.62. The molecule has 0 radical (unpaired) electrons. The Bertz CT molecular complexity index is 845. The summed E-state index contributed by atoms with van der Waals surface area (Å²) in [5.74, 6) is -1.67. The molecule has 1 amide bonds. The third kappa shape index (κ3) is 4.82. The number of carbonyl (C=O) groups excluding carboxylic acids is 2. The van der Waals surface area contributed by atoms with Crippen molar-refractivity contribution in [3.05, 3.63) is 70.8 Å². The number of nitrogens with one attached hydrogen (secondary N) is 1. The fourth-order valence-corrected chi connectivity index (χ4v) is 3.44. The van der Waals surface area contributed by atoms with Crippen LogP contribution in [0.4, 0.5) is 0 Å². The lowest BCUT2D eigenvalue weighted by atomic mass is 9.89. The summed E-state index contributed by atoms with van der Waals surface area (Å²) in [6.45, 7) is 0. The first-order valence-corrected chi connectivity index (χ1v) is 9.26. The highest BCUT2D eigenvalue weighted by Crippen LogP contribution is 2.23. The van der Waals surface area contributed by atoms with Crippen molar-refractivity contribution in [3.63, 3.8) is 0 Å².